The van der Waals surface area contributed by atoms with Crippen LogP contribution in [0, 0.1) is 17.0 Å². The van der Waals surface area contributed by atoms with Crippen LogP contribution in [0.15, 0.2) is 48.7 Å². The molecular formula is C20H15F3N4O3. The molecule has 7 nitrogen and oxygen atoms in total. The van der Waals surface area contributed by atoms with Crippen molar-refractivity contribution in [3.63, 3.8) is 0 Å². The van der Waals surface area contributed by atoms with Crippen molar-refractivity contribution >= 4 is 17.3 Å². The van der Waals surface area contributed by atoms with Crippen molar-refractivity contribution in [3.8, 4) is 5.69 Å². The Balaban J connectivity index is 1.79. The van der Waals surface area contributed by atoms with Gasteiger partial charge in [-0.2, -0.15) is 18.3 Å². The van der Waals surface area contributed by atoms with Crippen molar-refractivity contribution in [3.05, 3.63) is 81.2 Å². The molecule has 2 heterocycles. The molecule has 0 fully saturated rings. The van der Waals surface area contributed by atoms with Crippen LogP contribution in [0.1, 0.15) is 27.2 Å². The predicted octanol–water partition coefficient (Wildman–Crippen LogP) is 4.31. The maximum Gasteiger partial charge on any atom is 0.434 e. The van der Waals surface area contributed by atoms with Gasteiger partial charge in [0.15, 0.2) is 5.69 Å². The molecule has 2 aromatic carbocycles. The maximum absolute atomic E-state index is 13.9. The number of alkyl halides is 3. The van der Waals surface area contributed by atoms with Gasteiger partial charge in [0.05, 0.1) is 28.1 Å². The fourth-order valence-electron chi connectivity index (χ4n) is 3.50. The van der Waals surface area contributed by atoms with E-state index in [0.717, 1.165) is 16.7 Å². The number of fused-ring (bicyclic) bond motifs is 1. The Hall–Kier alpha value is -3.69. The summed E-state index contributed by atoms with van der Waals surface area (Å²) in [6, 6.07) is 10.3. The zero-order valence-corrected chi connectivity index (χ0v) is 15.7. The van der Waals surface area contributed by atoms with Gasteiger partial charge < -0.3 is 4.90 Å². The third kappa shape index (κ3) is 3.30. The predicted molar refractivity (Wildman–Crippen MR) is 102 cm³/mol. The number of amides is 1. The first-order chi connectivity index (χ1) is 14.2. The fourth-order valence-corrected chi connectivity index (χ4v) is 3.50. The number of nitro groups is 1. The molecule has 30 heavy (non-hydrogen) atoms. The number of carbonyl (C=O) groups is 1. The van der Waals surface area contributed by atoms with E-state index in [4.69, 9.17) is 0 Å². The van der Waals surface area contributed by atoms with E-state index >= 15 is 0 Å². The van der Waals surface area contributed by atoms with E-state index in [2.05, 4.69) is 5.10 Å². The molecule has 0 bridgehead atoms. The second kappa shape index (κ2) is 6.97. The number of carbonyl (C=O) groups excluding carboxylic acids is 1. The minimum absolute atomic E-state index is 0.127. The summed E-state index contributed by atoms with van der Waals surface area (Å²) < 4.78 is 42.4. The molecule has 1 aliphatic rings. The molecule has 0 unspecified atom stereocenters. The first-order valence-electron chi connectivity index (χ1n) is 8.98. The number of nitro benzene ring substituents is 1. The molecule has 1 aliphatic heterocycles. The Morgan fingerprint density at radius 1 is 1.17 bits per heavy atom. The van der Waals surface area contributed by atoms with Crippen LogP contribution >= 0.6 is 0 Å². The number of aryl methyl sites for hydroxylation is 1. The number of halogens is 3. The Labute approximate surface area is 168 Å². The molecule has 0 saturated heterocycles. The third-order valence-electron chi connectivity index (χ3n) is 4.97. The summed E-state index contributed by atoms with van der Waals surface area (Å²) >= 11 is 0. The molecular weight excluding hydrogens is 401 g/mol. The van der Waals surface area contributed by atoms with E-state index in [0.29, 0.717) is 16.7 Å². The second-order valence-corrected chi connectivity index (χ2v) is 6.93. The minimum atomic E-state index is -4.84. The molecule has 1 amide bonds. The summed E-state index contributed by atoms with van der Waals surface area (Å²) in [7, 11) is 0. The van der Waals surface area contributed by atoms with Gasteiger partial charge in [-0.05, 0) is 31.0 Å². The van der Waals surface area contributed by atoms with Gasteiger partial charge in [-0.3, -0.25) is 14.9 Å². The average Bonchev–Trinajstić information content (AvgIpc) is 3.32. The SMILES string of the molecule is Cc1ccc(-n2ncc(C(=O)N3CCc4ccc([N+](=O)[O-])cc43)c2C(F)(F)F)cc1. The lowest BCUT2D eigenvalue weighted by atomic mass is 10.1. The van der Waals surface area contributed by atoms with Crippen molar-refractivity contribution in [1.82, 2.24) is 9.78 Å². The van der Waals surface area contributed by atoms with Gasteiger partial charge in [0.2, 0.25) is 0 Å². The number of benzene rings is 2. The number of aromatic nitrogens is 2. The number of hydrogen-bond donors (Lipinski definition) is 0. The van der Waals surface area contributed by atoms with Crippen LogP contribution in [0.3, 0.4) is 0 Å². The Morgan fingerprint density at radius 2 is 1.87 bits per heavy atom. The van der Waals surface area contributed by atoms with Gasteiger partial charge in [0.25, 0.3) is 11.6 Å². The van der Waals surface area contributed by atoms with E-state index in [1.807, 2.05) is 0 Å². The molecule has 154 valence electrons. The van der Waals surface area contributed by atoms with Crippen LogP contribution in [0.2, 0.25) is 0 Å². The summed E-state index contributed by atoms with van der Waals surface area (Å²) in [4.78, 5) is 24.6. The van der Waals surface area contributed by atoms with E-state index < -0.39 is 28.3 Å². The van der Waals surface area contributed by atoms with E-state index in [1.165, 1.54) is 30.3 Å². The topological polar surface area (TPSA) is 81.3 Å². The van der Waals surface area contributed by atoms with E-state index in [-0.39, 0.29) is 23.6 Å². The normalized spacial score (nSPS) is 13.4. The highest BCUT2D eigenvalue weighted by Crippen LogP contribution is 2.37. The molecule has 0 N–H and O–H groups in total. The van der Waals surface area contributed by atoms with Crippen molar-refractivity contribution in [2.45, 2.75) is 19.5 Å². The minimum Gasteiger partial charge on any atom is -0.307 e. The molecule has 1 aromatic heterocycles. The molecule has 0 radical (unpaired) electrons. The molecule has 0 saturated carbocycles. The third-order valence-corrected chi connectivity index (χ3v) is 4.97. The maximum atomic E-state index is 13.9. The molecule has 4 rings (SSSR count). The zero-order valence-electron chi connectivity index (χ0n) is 15.7. The molecule has 3 aromatic rings. The van der Waals surface area contributed by atoms with Crippen molar-refractivity contribution in [1.29, 1.82) is 0 Å². The smallest absolute Gasteiger partial charge is 0.307 e. The first kappa shape index (κ1) is 19.6. The van der Waals surface area contributed by atoms with Crippen LogP contribution < -0.4 is 4.90 Å². The van der Waals surface area contributed by atoms with Gasteiger partial charge in [-0.15, -0.1) is 0 Å². The highest BCUT2D eigenvalue weighted by atomic mass is 19.4. The van der Waals surface area contributed by atoms with Crippen LogP contribution in [-0.2, 0) is 12.6 Å². The summed E-state index contributed by atoms with van der Waals surface area (Å²) in [5.74, 6) is -0.903. The number of anilines is 1. The van der Waals surface area contributed by atoms with Gasteiger partial charge in [-0.1, -0.05) is 23.8 Å². The summed E-state index contributed by atoms with van der Waals surface area (Å²) in [6.45, 7) is 1.93. The van der Waals surface area contributed by atoms with Gasteiger partial charge in [-0.25, -0.2) is 4.68 Å². The average molecular weight is 416 g/mol. The number of hydrogen-bond acceptors (Lipinski definition) is 4. The Bertz CT molecular complexity index is 1150. The summed E-state index contributed by atoms with van der Waals surface area (Å²) in [5.41, 5.74) is -0.0909. The summed E-state index contributed by atoms with van der Waals surface area (Å²) in [6.07, 6.45) is -3.55. The quantitative estimate of drug-likeness (QED) is 0.471. The standard InChI is InChI=1S/C20H15F3N4O3/c1-12-2-5-14(6-3-12)26-18(20(21,22)23)16(11-24-26)19(28)25-9-8-13-4-7-15(27(29)30)10-17(13)25/h2-7,10-11H,8-9H2,1H3. The number of rotatable bonds is 3. The highest BCUT2D eigenvalue weighted by Gasteiger charge is 2.42. The highest BCUT2D eigenvalue weighted by molar-refractivity contribution is 6.08. The lowest BCUT2D eigenvalue weighted by molar-refractivity contribution is -0.384. The van der Waals surface area contributed by atoms with Gasteiger partial charge in [0.1, 0.15) is 0 Å². The van der Waals surface area contributed by atoms with Gasteiger partial charge in [0, 0.05) is 18.7 Å². The van der Waals surface area contributed by atoms with Crippen LogP contribution in [-0.4, -0.2) is 27.2 Å². The van der Waals surface area contributed by atoms with Crippen molar-refractivity contribution in [2.24, 2.45) is 0 Å². The summed E-state index contributed by atoms with van der Waals surface area (Å²) in [5, 5.41) is 14.9. The zero-order chi connectivity index (χ0) is 21.6. The molecule has 0 aliphatic carbocycles. The van der Waals surface area contributed by atoms with Gasteiger partial charge >= 0.3 is 6.18 Å². The molecule has 0 atom stereocenters. The van der Waals surface area contributed by atoms with E-state index in [9.17, 15) is 28.1 Å². The monoisotopic (exact) mass is 416 g/mol. The van der Waals surface area contributed by atoms with Crippen LogP contribution in [0.25, 0.3) is 5.69 Å². The Morgan fingerprint density at radius 3 is 2.50 bits per heavy atom. The van der Waals surface area contributed by atoms with Crippen molar-refractivity contribution < 1.29 is 22.9 Å². The Kier molecular flexibility index (Phi) is 4.56. The molecule has 10 heteroatoms. The lowest BCUT2D eigenvalue weighted by Crippen LogP contribution is -2.31. The number of nitrogens with zero attached hydrogens (tertiary/aromatic N) is 4. The molecule has 0 spiro atoms. The largest absolute Gasteiger partial charge is 0.434 e. The number of non-ortho nitro benzene ring substituents is 1. The van der Waals surface area contributed by atoms with Crippen molar-refractivity contribution in [2.75, 3.05) is 11.4 Å². The van der Waals surface area contributed by atoms with Crippen LogP contribution in [0.4, 0.5) is 24.5 Å². The second-order valence-electron chi connectivity index (χ2n) is 6.93. The first-order valence-corrected chi connectivity index (χ1v) is 8.98. The van der Waals surface area contributed by atoms with E-state index in [1.54, 1.807) is 19.1 Å². The fraction of sp³-hybridized carbons (Fsp3) is 0.200. The van der Waals surface area contributed by atoms with Crippen LogP contribution in [0.5, 0.6) is 0 Å². The lowest BCUT2D eigenvalue weighted by Gasteiger charge is -2.18.